The summed E-state index contributed by atoms with van der Waals surface area (Å²) in [5.41, 5.74) is 27.1. The average Bonchev–Trinajstić information content (AvgIpc) is 3.33. The minimum absolute atomic E-state index is 0.0318. The number of hydrogen-bond acceptors (Lipinski definition) is 2. The number of anilines is 6. The van der Waals surface area contributed by atoms with Crippen LogP contribution < -0.4 is 26.2 Å². The van der Waals surface area contributed by atoms with E-state index in [4.69, 9.17) is 0 Å². The normalized spacial score (nSPS) is 18.0. The fourth-order valence-electron chi connectivity index (χ4n) is 13.0. The lowest BCUT2D eigenvalue weighted by Gasteiger charge is -2.48. The zero-order chi connectivity index (χ0) is 51.2. The Bertz CT molecular complexity index is 3290. The van der Waals surface area contributed by atoms with Crippen LogP contribution >= 0.6 is 0 Å². The molecular weight excluding hydrogens is 868 g/mol. The van der Waals surface area contributed by atoms with Gasteiger partial charge in [0.15, 0.2) is 0 Å². The molecule has 2 heterocycles. The largest absolute Gasteiger partial charge is 0.311 e. The molecule has 0 saturated heterocycles. The Morgan fingerprint density at radius 1 is 0.417 bits per heavy atom. The van der Waals surface area contributed by atoms with Gasteiger partial charge in [0, 0.05) is 34.0 Å². The molecule has 2 aliphatic heterocycles. The quantitative estimate of drug-likeness (QED) is 0.159. The number of benzene rings is 7. The van der Waals surface area contributed by atoms with Crippen LogP contribution in [0.5, 0.6) is 0 Å². The van der Waals surface area contributed by atoms with Gasteiger partial charge in [0.25, 0.3) is 6.71 Å². The topological polar surface area (TPSA) is 6.48 Å². The molecule has 7 aromatic rings. The molecule has 4 aliphatic rings. The van der Waals surface area contributed by atoms with Crippen molar-refractivity contribution in [2.24, 2.45) is 0 Å². The van der Waals surface area contributed by atoms with Gasteiger partial charge < -0.3 is 9.80 Å². The molecule has 0 spiro atoms. The fraction of sp³-hybridized carbons (Fsp3) is 0.391. The number of rotatable bonds is 5. The Morgan fingerprint density at radius 2 is 0.917 bits per heavy atom. The standard InChI is InChI=1S/C69H79BN2/c1-43(2)47-36-61-63-62(37-47)72(58-31-27-48(64(3,4)5)38-51(58)46-24-22-45(23-25-46)44-20-18-17-19-21-44)59-39-49(65(6,7)8)26-30-56(59)70(63)57-41-54-55(69(15,16)35-34-68(54,13)14)42-60(57)71(61)50-28-29-52-53(40-50)67(11,12)33-32-66(52,9)10/h17-31,36-43H,32-35H2,1-16H3. The Labute approximate surface area is 434 Å². The van der Waals surface area contributed by atoms with Crippen molar-refractivity contribution in [1.29, 1.82) is 0 Å². The highest BCUT2D eigenvalue weighted by molar-refractivity contribution is 7.00. The molecule has 0 N–H and O–H groups in total. The summed E-state index contributed by atoms with van der Waals surface area (Å²) in [6, 6.07) is 53.1. The predicted molar refractivity (Wildman–Crippen MR) is 313 cm³/mol. The highest BCUT2D eigenvalue weighted by Gasteiger charge is 2.48. The van der Waals surface area contributed by atoms with Gasteiger partial charge in [-0.1, -0.05) is 196 Å². The van der Waals surface area contributed by atoms with Gasteiger partial charge in [-0.3, -0.25) is 0 Å². The Balaban J connectivity index is 1.25. The Morgan fingerprint density at radius 3 is 1.51 bits per heavy atom. The first-order valence-corrected chi connectivity index (χ1v) is 27.3. The Kier molecular flexibility index (Phi) is 11.0. The van der Waals surface area contributed by atoms with E-state index < -0.39 is 0 Å². The second-order valence-electron chi connectivity index (χ2n) is 27.4. The molecule has 11 rings (SSSR count). The van der Waals surface area contributed by atoms with Gasteiger partial charge in [0.2, 0.25) is 0 Å². The number of hydrogen-bond donors (Lipinski definition) is 0. The first-order valence-electron chi connectivity index (χ1n) is 27.3. The van der Waals surface area contributed by atoms with Crippen LogP contribution in [0.15, 0.2) is 133 Å². The van der Waals surface area contributed by atoms with Crippen LogP contribution in [0.2, 0.25) is 0 Å². The summed E-state index contributed by atoms with van der Waals surface area (Å²) in [7, 11) is 0. The molecule has 72 heavy (non-hydrogen) atoms. The summed E-state index contributed by atoms with van der Waals surface area (Å²) in [5.74, 6) is 0.303. The molecule has 0 saturated carbocycles. The van der Waals surface area contributed by atoms with E-state index >= 15 is 0 Å². The van der Waals surface area contributed by atoms with Gasteiger partial charge in [0.1, 0.15) is 0 Å². The summed E-state index contributed by atoms with van der Waals surface area (Å²) in [4.78, 5) is 5.43. The third kappa shape index (κ3) is 7.81. The minimum atomic E-state index is -0.0527. The van der Waals surface area contributed by atoms with Crippen molar-refractivity contribution >= 4 is 57.2 Å². The minimum Gasteiger partial charge on any atom is -0.311 e. The fourth-order valence-corrected chi connectivity index (χ4v) is 13.0. The van der Waals surface area contributed by atoms with E-state index in [-0.39, 0.29) is 39.2 Å². The first kappa shape index (κ1) is 48.5. The van der Waals surface area contributed by atoms with E-state index in [9.17, 15) is 0 Å². The van der Waals surface area contributed by atoms with E-state index in [1.165, 1.54) is 137 Å². The van der Waals surface area contributed by atoms with Crippen LogP contribution in [-0.2, 0) is 32.5 Å². The second kappa shape index (κ2) is 16.4. The summed E-state index contributed by atoms with van der Waals surface area (Å²) >= 11 is 0. The number of nitrogens with zero attached hydrogens (tertiary/aromatic N) is 2. The molecule has 3 heteroatoms. The highest BCUT2D eigenvalue weighted by atomic mass is 15.2. The molecule has 0 radical (unpaired) electrons. The van der Waals surface area contributed by atoms with Crippen LogP contribution in [0.1, 0.15) is 181 Å². The van der Waals surface area contributed by atoms with Crippen molar-refractivity contribution in [3.8, 4) is 22.3 Å². The summed E-state index contributed by atoms with van der Waals surface area (Å²) in [6.45, 7) is 38.8. The summed E-state index contributed by atoms with van der Waals surface area (Å²) in [6.07, 6.45) is 4.73. The molecule has 7 aromatic carbocycles. The molecule has 0 atom stereocenters. The van der Waals surface area contributed by atoms with Crippen molar-refractivity contribution in [3.63, 3.8) is 0 Å². The zero-order valence-electron chi connectivity index (χ0n) is 46.6. The van der Waals surface area contributed by atoms with Gasteiger partial charge in [-0.2, -0.15) is 0 Å². The molecule has 2 nitrogen and oxygen atoms in total. The van der Waals surface area contributed by atoms with Crippen LogP contribution in [0.4, 0.5) is 34.1 Å². The van der Waals surface area contributed by atoms with Gasteiger partial charge in [-0.05, 0) is 185 Å². The lowest BCUT2D eigenvalue weighted by atomic mass is 9.33. The SMILES string of the molecule is CC(C)c1cc2c3c(c1)N(c1ccc(C(C)(C)C)cc1-c1ccc(-c4ccccc4)cc1)c1cc(C(C)(C)C)ccc1B3c1cc3c(cc1N2c1ccc2c(c1)C(C)(C)CCC2(C)C)C(C)(C)CCC3(C)C. The molecule has 0 bridgehead atoms. The van der Waals surface area contributed by atoms with Crippen LogP contribution in [0, 0.1) is 0 Å². The van der Waals surface area contributed by atoms with Crippen molar-refractivity contribution in [2.45, 2.75) is 175 Å². The first-order chi connectivity index (χ1) is 33.7. The maximum atomic E-state index is 2.73. The highest BCUT2D eigenvalue weighted by Crippen LogP contribution is 2.54. The molecular formula is C69H79BN2. The van der Waals surface area contributed by atoms with Gasteiger partial charge >= 0.3 is 0 Å². The van der Waals surface area contributed by atoms with Gasteiger partial charge in [-0.25, -0.2) is 0 Å². The Hall–Kier alpha value is -5.80. The average molecular weight is 947 g/mol. The smallest absolute Gasteiger partial charge is 0.252 e. The van der Waals surface area contributed by atoms with Gasteiger partial charge in [0.05, 0.1) is 5.69 Å². The van der Waals surface area contributed by atoms with E-state index in [1.54, 1.807) is 0 Å². The lowest BCUT2D eigenvalue weighted by molar-refractivity contribution is 0.332. The number of fused-ring (bicyclic) bond motifs is 6. The van der Waals surface area contributed by atoms with Crippen LogP contribution in [-0.4, -0.2) is 6.71 Å². The zero-order valence-corrected chi connectivity index (χ0v) is 46.6. The lowest BCUT2D eigenvalue weighted by Crippen LogP contribution is -2.62. The third-order valence-electron chi connectivity index (χ3n) is 18.1. The summed E-state index contributed by atoms with van der Waals surface area (Å²) < 4.78 is 0. The monoisotopic (exact) mass is 947 g/mol. The van der Waals surface area contributed by atoms with Crippen molar-refractivity contribution < 1.29 is 0 Å². The predicted octanol–water partition coefficient (Wildman–Crippen LogP) is 17.5. The van der Waals surface area contributed by atoms with Crippen molar-refractivity contribution in [2.75, 3.05) is 9.80 Å². The van der Waals surface area contributed by atoms with Gasteiger partial charge in [-0.15, -0.1) is 0 Å². The molecule has 368 valence electrons. The summed E-state index contributed by atoms with van der Waals surface area (Å²) in [5, 5.41) is 0. The second-order valence-corrected chi connectivity index (χ2v) is 27.4. The maximum absolute atomic E-state index is 2.73. The molecule has 2 aliphatic carbocycles. The molecule has 0 aromatic heterocycles. The maximum Gasteiger partial charge on any atom is 0.252 e. The van der Waals surface area contributed by atoms with Crippen LogP contribution in [0.25, 0.3) is 22.3 Å². The molecule has 0 unspecified atom stereocenters. The molecule has 0 amide bonds. The van der Waals surface area contributed by atoms with E-state index in [0.29, 0.717) is 5.92 Å². The van der Waals surface area contributed by atoms with E-state index in [0.717, 1.165) is 0 Å². The van der Waals surface area contributed by atoms with E-state index in [2.05, 4.69) is 254 Å². The molecule has 0 fully saturated rings. The van der Waals surface area contributed by atoms with Crippen molar-refractivity contribution in [1.82, 2.24) is 0 Å². The van der Waals surface area contributed by atoms with Crippen molar-refractivity contribution in [3.05, 3.63) is 172 Å². The van der Waals surface area contributed by atoms with E-state index in [1.807, 2.05) is 0 Å². The third-order valence-corrected chi connectivity index (χ3v) is 18.1. The van der Waals surface area contributed by atoms with Crippen LogP contribution in [0.3, 0.4) is 0 Å².